The maximum Gasteiger partial charge on any atom is 0.416 e. The van der Waals surface area contributed by atoms with E-state index >= 15 is 0 Å². The van der Waals surface area contributed by atoms with Crippen LogP contribution >= 0.6 is 0 Å². The molecule has 3 rings (SSSR count). The van der Waals surface area contributed by atoms with Crippen LogP contribution < -0.4 is 10.6 Å². The van der Waals surface area contributed by atoms with Crippen LogP contribution in [-0.2, 0) is 17.4 Å². The van der Waals surface area contributed by atoms with E-state index in [1.807, 2.05) is 25.1 Å². The Morgan fingerprint density at radius 3 is 2.57 bits per heavy atom. The van der Waals surface area contributed by atoms with Crippen molar-refractivity contribution in [3.63, 3.8) is 0 Å². The van der Waals surface area contributed by atoms with Crippen molar-refractivity contribution in [3.05, 3.63) is 65.4 Å². The second kappa shape index (κ2) is 7.75. The zero-order valence-electron chi connectivity index (χ0n) is 15.0. The maximum absolute atomic E-state index is 12.8. The third-order valence-corrected chi connectivity index (χ3v) is 4.22. The number of halogens is 3. The SMILES string of the molecule is CCc1cccc(NC(=O)CNC(=O)c2cc3ccc(C(F)(F)F)cc3[nH]2)c1. The molecule has 2 aromatic carbocycles. The second-order valence-corrected chi connectivity index (χ2v) is 6.27. The smallest absolute Gasteiger partial charge is 0.351 e. The Hall–Kier alpha value is -3.29. The molecule has 0 bridgehead atoms. The number of carbonyl (C=O) groups is 2. The summed E-state index contributed by atoms with van der Waals surface area (Å²) in [6.45, 7) is 1.73. The van der Waals surface area contributed by atoms with Crippen LogP contribution in [0.4, 0.5) is 18.9 Å². The lowest BCUT2D eigenvalue weighted by molar-refractivity contribution is -0.137. The molecular formula is C20H18F3N3O2. The van der Waals surface area contributed by atoms with Crippen LogP contribution in [0, 0.1) is 0 Å². The molecule has 0 saturated carbocycles. The van der Waals surface area contributed by atoms with Crippen molar-refractivity contribution in [2.24, 2.45) is 0 Å². The number of benzene rings is 2. The van der Waals surface area contributed by atoms with E-state index in [1.165, 1.54) is 12.1 Å². The lowest BCUT2D eigenvalue weighted by Gasteiger charge is -2.07. The van der Waals surface area contributed by atoms with Gasteiger partial charge in [-0.1, -0.05) is 25.1 Å². The molecule has 0 spiro atoms. The van der Waals surface area contributed by atoms with E-state index in [9.17, 15) is 22.8 Å². The van der Waals surface area contributed by atoms with Crippen molar-refractivity contribution < 1.29 is 22.8 Å². The minimum Gasteiger partial charge on any atom is -0.351 e. The van der Waals surface area contributed by atoms with Crippen LogP contribution in [0.2, 0.25) is 0 Å². The van der Waals surface area contributed by atoms with E-state index in [2.05, 4.69) is 15.6 Å². The Morgan fingerprint density at radius 1 is 1.07 bits per heavy atom. The third-order valence-electron chi connectivity index (χ3n) is 4.22. The normalized spacial score (nSPS) is 11.4. The predicted molar refractivity (Wildman–Crippen MR) is 100 cm³/mol. The van der Waals surface area contributed by atoms with Gasteiger partial charge in [-0.2, -0.15) is 13.2 Å². The third kappa shape index (κ3) is 4.51. The van der Waals surface area contributed by atoms with Crippen molar-refractivity contribution in [2.45, 2.75) is 19.5 Å². The van der Waals surface area contributed by atoms with E-state index in [4.69, 9.17) is 0 Å². The average Bonchev–Trinajstić information content (AvgIpc) is 3.09. The highest BCUT2D eigenvalue weighted by molar-refractivity contribution is 6.01. The minimum atomic E-state index is -4.46. The fraction of sp³-hybridized carbons (Fsp3) is 0.200. The van der Waals surface area contributed by atoms with Crippen LogP contribution in [0.25, 0.3) is 10.9 Å². The number of H-pyrrole nitrogens is 1. The monoisotopic (exact) mass is 389 g/mol. The van der Waals surface area contributed by atoms with Crippen molar-refractivity contribution in [2.75, 3.05) is 11.9 Å². The van der Waals surface area contributed by atoms with Gasteiger partial charge in [0.2, 0.25) is 5.91 Å². The molecule has 28 heavy (non-hydrogen) atoms. The van der Waals surface area contributed by atoms with E-state index in [-0.39, 0.29) is 17.8 Å². The molecule has 3 N–H and O–H groups in total. The molecule has 0 unspecified atom stereocenters. The molecule has 1 aromatic heterocycles. The van der Waals surface area contributed by atoms with Crippen LogP contribution in [0.1, 0.15) is 28.5 Å². The van der Waals surface area contributed by atoms with Crippen molar-refractivity contribution >= 4 is 28.4 Å². The molecule has 0 atom stereocenters. The van der Waals surface area contributed by atoms with Gasteiger partial charge in [-0.05, 0) is 42.3 Å². The molecule has 0 aliphatic carbocycles. The number of carbonyl (C=O) groups excluding carboxylic acids is 2. The molecule has 0 fully saturated rings. The zero-order chi connectivity index (χ0) is 20.3. The fourth-order valence-electron chi connectivity index (χ4n) is 2.76. The van der Waals surface area contributed by atoms with Crippen molar-refractivity contribution in [1.29, 1.82) is 0 Å². The number of alkyl halides is 3. The number of nitrogens with one attached hydrogen (secondary N) is 3. The summed E-state index contributed by atoms with van der Waals surface area (Å²) in [4.78, 5) is 26.9. The molecule has 0 radical (unpaired) electrons. The summed E-state index contributed by atoms with van der Waals surface area (Å²) in [7, 11) is 0. The number of rotatable bonds is 5. The van der Waals surface area contributed by atoms with Gasteiger partial charge in [0, 0.05) is 16.6 Å². The van der Waals surface area contributed by atoms with Gasteiger partial charge in [0.1, 0.15) is 5.69 Å². The highest BCUT2D eigenvalue weighted by atomic mass is 19.4. The lowest BCUT2D eigenvalue weighted by atomic mass is 10.1. The summed E-state index contributed by atoms with van der Waals surface area (Å²) >= 11 is 0. The molecule has 0 saturated heterocycles. The fourth-order valence-corrected chi connectivity index (χ4v) is 2.76. The Balaban J connectivity index is 1.63. The Kier molecular flexibility index (Phi) is 5.39. The Morgan fingerprint density at radius 2 is 1.86 bits per heavy atom. The number of aromatic amines is 1. The number of aryl methyl sites for hydroxylation is 1. The zero-order valence-corrected chi connectivity index (χ0v) is 15.0. The summed E-state index contributed by atoms with van der Waals surface area (Å²) in [5.74, 6) is -0.987. The summed E-state index contributed by atoms with van der Waals surface area (Å²) in [5, 5.41) is 5.61. The number of amides is 2. The largest absolute Gasteiger partial charge is 0.416 e. The first kappa shape index (κ1) is 19.5. The van der Waals surface area contributed by atoms with Crippen LogP contribution in [-0.4, -0.2) is 23.3 Å². The van der Waals surface area contributed by atoms with Gasteiger partial charge in [0.25, 0.3) is 5.91 Å². The molecule has 3 aromatic rings. The summed E-state index contributed by atoms with van der Waals surface area (Å²) in [6, 6.07) is 12.0. The molecule has 2 amide bonds. The molecular weight excluding hydrogens is 371 g/mol. The van der Waals surface area contributed by atoms with Gasteiger partial charge >= 0.3 is 6.18 Å². The molecule has 0 aliphatic heterocycles. The maximum atomic E-state index is 12.8. The molecule has 146 valence electrons. The first-order chi connectivity index (χ1) is 13.3. The van der Waals surface area contributed by atoms with Gasteiger partial charge in [0.15, 0.2) is 0 Å². The number of aromatic nitrogens is 1. The summed E-state index contributed by atoms with van der Waals surface area (Å²) < 4.78 is 38.3. The molecule has 8 heteroatoms. The van der Waals surface area contributed by atoms with Gasteiger partial charge in [-0.3, -0.25) is 9.59 Å². The first-order valence-electron chi connectivity index (χ1n) is 8.63. The average molecular weight is 389 g/mol. The highest BCUT2D eigenvalue weighted by Crippen LogP contribution is 2.31. The van der Waals surface area contributed by atoms with E-state index in [1.54, 1.807) is 6.07 Å². The van der Waals surface area contributed by atoms with Gasteiger partial charge in [-0.15, -0.1) is 0 Å². The standard InChI is InChI=1S/C20H18F3N3O2/c1-2-12-4-3-5-15(8-12)25-18(27)11-24-19(28)17-9-13-6-7-14(20(21,22)23)10-16(13)26-17/h3-10,26H,2,11H2,1H3,(H,24,28)(H,25,27). The van der Waals surface area contributed by atoms with E-state index in [0.717, 1.165) is 24.1 Å². The Bertz CT molecular complexity index is 1020. The van der Waals surface area contributed by atoms with E-state index < -0.39 is 23.6 Å². The summed E-state index contributed by atoms with van der Waals surface area (Å²) in [6.07, 6.45) is -3.63. The Labute approximate surface area is 158 Å². The van der Waals surface area contributed by atoms with Crippen molar-refractivity contribution in [1.82, 2.24) is 10.3 Å². The molecule has 0 aliphatic rings. The quantitative estimate of drug-likeness (QED) is 0.614. The number of hydrogen-bond donors (Lipinski definition) is 3. The van der Waals surface area contributed by atoms with E-state index in [0.29, 0.717) is 11.1 Å². The number of anilines is 1. The van der Waals surface area contributed by atoms with Crippen molar-refractivity contribution in [3.8, 4) is 0 Å². The summed E-state index contributed by atoms with van der Waals surface area (Å²) in [5.41, 5.74) is 1.17. The highest BCUT2D eigenvalue weighted by Gasteiger charge is 2.30. The van der Waals surface area contributed by atoms with Crippen LogP contribution in [0.5, 0.6) is 0 Å². The number of hydrogen-bond acceptors (Lipinski definition) is 2. The topological polar surface area (TPSA) is 74.0 Å². The minimum absolute atomic E-state index is 0.0788. The number of fused-ring (bicyclic) bond motifs is 1. The molecule has 1 heterocycles. The second-order valence-electron chi connectivity index (χ2n) is 6.27. The van der Waals surface area contributed by atoms with Gasteiger partial charge in [-0.25, -0.2) is 0 Å². The predicted octanol–water partition coefficient (Wildman–Crippen LogP) is 4.12. The lowest BCUT2D eigenvalue weighted by Crippen LogP contribution is -2.33. The van der Waals surface area contributed by atoms with Gasteiger partial charge in [0.05, 0.1) is 12.1 Å². The van der Waals surface area contributed by atoms with Gasteiger partial charge < -0.3 is 15.6 Å². The first-order valence-corrected chi connectivity index (χ1v) is 8.63. The van der Waals surface area contributed by atoms with Crippen LogP contribution in [0.3, 0.4) is 0 Å². The molecule has 5 nitrogen and oxygen atoms in total. The van der Waals surface area contributed by atoms with Crippen LogP contribution in [0.15, 0.2) is 48.5 Å².